The molecule has 2 nitrogen and oxygen atoms in total. The van der Waals surface area contributed by atoms with Crippen molar-refractivity contribution in [2.75, 3.05) is 0 Å². The second kappa shape index (κ2) is 10.7. The number of hydrogen-bond donors (Lipinski definition) is 0. The molecule has 3 heteroatoms. The van der Waals surface area contributed by atoms with E-state index >= 15 is 0 Å². The molecule has 0 aliphatic rings. The third-order valence-electron chi connectivity index (χ3n) is 5.88. The monoisotopic (exact) mass is 432 g/mol. The Kier molecular flexibility index (Phi) is 8.04. The Morgan fingerprint density at radius 3 is 2.32 bits per heavy atom. The highest BCUT2D eigenvalue weighted by molar-refractivity contribution is 7.48. The van der Waals surface area contributed by atoms with E-state index in [4.69, 9.17) is 4.74 Å². The first-order valence-electron chi connectivity index (χ1n) is 11.1. The molecule has 0 saturated carbocycles. The van der Waals surface area contributed by atoms with Crippen molar-refractivity contribution in [3.8, 4) is 5.75 Å². The number of ether oxygens (including phenoxy) is 1. The summed E-state index contributed by atoms with van der Waals surface area (Å²) < 4.78 is 6.38. The second-order valence-corrected chi connectivity index (χ2v) is 10.0. The molecule has 0 aliphatic carbocycles. The molecule has 3 aromatic rings. The predicted octanol–water partition coefficient (Wildman–Crippen LogP) is 7.10. The molecule has 31 heavy (non-hydrogen) atoms. The van der Waals surface area contributed by atoms with Crippen molar-refractivity contribution in [2.45, 2.75) is 58.7 Å². The highest BCUT2D eigenvalue weighted by atomic mass is 31.1. The van der Waals surface area contributed by atoms with Crippen LogP contribution < -0.4 is 10.0 Å². The van der Waals surface area contributed by atoms with E-state index in [2.05, 4.69) is 63.2 Å². The number of aldehydes is 1. The van der Waals surface area contributed by atoms with Gasteiger partial charge in [-0.05, 0) is 49.7 Å². The zero-order valence-corrected chi connectivity index (χ0v) is 20.1. The molecule has 0 radical (unpaired) electrons. The molecule has 0 spiro atoms. The van der Waals surface area contributed by atoms with Crippen molar-refractivity contribution in [1.29, 1.82) is 0 Å². The Morgan fingerprint density at radius 2 is 1.65 bits per heavy atom. The second-order valence-electron chi connectivity index (χ2n) is 8.29. The van der Waals surface area contributed by atoms with Gasteiger partial charge in [0.05, 0.1) is 0 Å². The molecule has 2 atom stereocenters. The number of carbonyl (C=O) groups is 1. The molecule has 0 amide bonds. The van der Waals surface area contributed by atoms with Crippen molar-refractivity contribution in [3.63, 3.8) is 0 Å². The summed E-state index contributed by atoms with van der Waals surface area (Å²) in [6, 6.07) is 23.1. The predicted molar refractivity (Wildman–Crippen MR) is 133 cm³/mol. The number of rotatable bonds is 10. The van der Waals surface area contributed by atoms with Crippen LogP contribution in [0, 0.1) is 13.8 Å². The maximum atomic E-state index is 11.8. The number of carbonyl (C=O) groups excluding carboxylic acids is 1. The van der Waals surface area contributed by atoms with E-state index in [0.29, 0.717) is 15.2 Å². The third kappa shape index (κ3) is 5.63. The molecule has 0 fully saturated rings. The van der Waals surface area contributed by atoms with Crippen molar-refractivity contribution in [2.24, 2.45) is 0 Å². The molecule has 0 heterocycles. The lowest BCUT2D eigenvalue weighted by atomic mass is 9.89. The molecule has 0 aromatic heterocycles. The van der Waals surface area contributed by atoms with Gasteiger partial charge in [-0.25, -0.2) is 0 Å². The smallest absolute Gasteiger partial charge is 0.150 e. The fraction of sp³-hybridized carbons (Fsp3) is 0.321. The van der Waals surface area contributed by atoms with E-state index in [1.54, 1.807) is 0 Å². The maximum Gasteiger partial charge on any atom is 0.150 e. The van der Waals surface area contributed by atoms with Gasteiger partial charge in [0.1, 0.15) is 12.4 Å². The molecule has 0 bridgehead atoms. The Hall–Kier alpha value is -2.44. The van der Waals surface area contributed by atoms with Crippen molar-refractivity contribution in [3.05, 3.63) is 94.5 Å². The summed E-state index contributed by atoms with van der Waals surface area (Å²) in [5, 5.41) is 1.09. The molecule has 0 saturated heterocycles. The van der Waals surface area contributed by atoms with E-state index in [9.17, 15) is 4.79 Å². The summed E-state index contributed by atoms with van der Waals surface area (Å²) in [5.74, 6) is 0.956. The summed E-state index contributed by atoms with van der Waals surface area (Å²) in [4.78, 5) is 11.8. The fourth-order valence-electron chi connectivity index (χ4n) is 4.18. The van der Waals surface area contributed by atoms with Gasteiger partial charge in [0.25, 0.3) is 0 Å². The minimum atomic E-state index is -0.0557. The molecular weight excluding hydrogens is 399 g/mol. The summed E-state index contributed by atoms with van der Waals surface area (Å²) >= 11 is 0. The van der Waals surface area contributed by atoms with Crippen LogP contribution >= 0.6 is 8.58 Å². The van der Waals surface area contributed by atoms with E-state index < -0.39 is 0 Å². The number of benzene rings is 3. The topological polar surface area (TPSA) is 26.3 Å². The van der Waals surface area contributed by atoms with Gasteiger partial charge in [0, 0.05) is 16.3 Å². The van der Waals surface area contributed by atoms with Crippen LogP contribution in [-0.2, 0) is 11.8 Å². The van der Waals surface area contributed by atoms with Gasteiger partial charge in [-0.2, -0.15) is 0 Å². The molecule has 162 valence electrons. The summed E-state index contributed by atoms with van der Waals surface area (Å²) in [6.45, 7) is 9.24. The van der Waals surface area contributed by atoms with Gasteiger partial charge in [0.15, 0.2) is 6.29 Å². The van der Waals surface area contributed by atoms with Crippen LogP contribution in [0.15, 0.2) is 66.7 Å². The highest BCUT2D eigenvalue weighted by Gasteiger charge is 2.33. The van der Waals surface area contributed by atoms with E-state index in [-0.39, 0.29) is 5.16 Å². The molecule has 0 N–H and O–H groups in total. The third-order valence-corrected chi connectivity index (χ3v) is 7.95. The average Bonchev–Trinajstić information content (AvgIpc) is 2.79. The fourth-order valence-corrected chi connectivity index (χ4v) is 6.02. The summed E-state index contributed by atoms with van der Waals surface area (Å²) in [5.41, 5.74) is 5.60. The largest absolute Gasteiger partial charge is 0.489 e. The standard InChI is InChI=1S/C28H33O2P/c1-5-16-28(6-2,31-27-15-13-21(3)17-24(27)19-29)25-18-22(4)12-14-26(25)30-20-23-10-8-7-9-11-23/h7-15,17-19,31H,5-6,16,20H2,1-4H3. The first-order chi connectivity index (χ1) is 15.0. The van der Waals surface area contributed by atoms with Crippen LogP contribution in [0.5, 0.6) is 5.75 Å². The number of hydrogen-bond acceptors (Lipinski definition) is 2. The van der Waals surface area contributed by atoms with Gasteiger partial charge in [-0.3, -0.25) is 4.79 Å². The number of aryl methyl sites for hydroxylation is 2. The van der Waals surface area contributed by atoms with Crippen molar-refractivity contribution < 1.29 is 9.53 Å². The van der Waals surface area contributed by atoms with Gasteiger partial charge < -0.3 is 4.74 Å². The Labute approximate surface area is 188 Å². The molecule has 3 rings (SSSR count). The van der Waals surface area contributed by atoms with E-state index in [0.717, 1.165) is 53.3 Å². The zero-order valence-electron chi connectivity index (χ0n) is 19.1. The SMILES string of the molecule is CCCC(CC)(Pc1ccc(C)cc1C=O)c1cc(C)ccc1OCc1ccccc1. The van der Waals surface area contributed by atoms with Crippen LogP contribution in [0.25, 0.3) is 0 Å². The Balaban J connectivity index is 2.03. The molecular formula is C28H33O2P. The van der Waals surface area contributed by atoms with Gasteiger partial charge in [-0.15, -0.1) is 0 Å². The van der Waals surface area contributed by atoms with Crippen LogP contribution in [0.1, 0.15) is 65.7 Å². The van der Waals surface area contributed by atoms with Crippen LogP contribution in [0.3, 0.4) is 0 Å². The van der Waals surface area contributed by atoms with Crippen LogP contribution in [0.2, 0.25) is 0 Å². The summed E-state index contributed by atoms with van der Waals surface area (Å²) in [6.07, 6.45) is 4.13. The Bertz CT molecular complexity index is 1010. The van der Waals surface area contributed by atoms with E-state index in [1.807, 2.05) is 31.2 Å². The van der Waals surface area contributed by atoms with Gasteiger partial charge >= 0.3 is 0 Å². The summed E-state index contributed by atoms with van der Waals surface area (Å²) in [7, 11) is 0.505. The van der Waals surface area contributed by atoms with Crippen molar-refractivity contribution in [1.82, 2.24) is 0 Å². The molecule has 2 unspecified atom stereocenters. The molecule has 0 aliphatic heterocycles. The van der Waals surface area contributed by atoms with Gasteiger partial charge in [-0.1, -0.05) is 94.6 Å². The first-order valence-corrected chi connectivity index (χ1v) is 12.1. The lowest BCUT2D eigenvalue weighted by molar-refractivity contribution is 0.112. The first kappa shape index (κ1) is 23.2. The lowest BCUT2D eigenvalue weighted by Gasteiger charge is -2.35. The van der Waals surface area contributed by atoms with Crippen LogP contribution in [0.4, 0.5) is 0 Å². The van der Waals surface area contributed by atoms with Crippen molar-refractivity contribution >= 4 is 20.2 Å². The van der Waals surface area contributed by atoms with Gasteiger partial charge in [0.2, 0.25) is 0 Å². The zero-order chi connectivity index (χ0) is 22.3. The Morgan fingerprint density at radius 1 is 0.935 bits per heavy atom. The van der Waals surface area contributed by atoms with Crippen LogP contribution in [-0.4, -0.2) is 6.29 Å². The highest BCUT2D eigenvalue weighted by Crippen LogP contribution is 2.51. The quantitative estimate of drug-likeness (QED) is 0.252. The minimum absolute atomic E-state index is 0.0557. The maximum absolute atomic E-state index is 11.8. The normalized spacial score (nSPS) is 13.3. The average molecular weight is 433 g/mol. The molecule has 3 aromatic carbocycles. The lowest BCUT2D eigenvalue weighted by Crippen LogP contribution is -2.25. The van der Waals surface area contributed by atoms with E-state index in [1.165, 1.54) is 11.1 Å². The minimum Gasteiger partial charge on any atom is -0.489 e.